The summed E-state index contributed by atoms with van der Waals surface area (Å²) in [6, 6.07) is 13.6. The van der Waals surface area contributed by atoms with Gasteiger partial charge >= 0.3 is 0 Å². The van der Waals surface area contributed by atoms with E-state index in [-0.39, 0.29) is 5.91 Å². The van der Waals surface area contributed by atoms with Gasteiger partial charge in [0.15, 0.2) is 0 Å². The molecule has 1 amide bonds. The molecule has 0 unspecified atom stereocenters. The van der Waals surface area contributed by atoms with E-state index in [0.29, 0.717) is 49.0 Å². The summed E-state index contributed by atoms with van der Waals surface area (Å²) in [5.41, 5.74) is 5.29. The lowest BCUT2D eigenvalue weighted by atomic mass is 10.1. The number of carbonyl (C=O) groups excluding carboxylic acids is 1. The van der Waals surface area contributed by atoms with Crippen molar-refractivity contribution in [2.45, 2.75) is 0 Å². The Labute approximate surface area is 224 Å². The summed E-state index contributed by atoms with van der Waals surface area (Å²) in [4.78, 5) is 30.2. The molecule has 0 saturated carbocycles. The maximum Gasteiger partial charge on any atom is 0.255 e. The van der Waals surface area contributed by atoms with Crippen molar-refractivity contribution in [3.05, 3.63) is 78.6 Å². The summed E-state index contributed by atoms with van der Waals surface area (Å²) in [5, 5.41) is 14.0. The molecule has 1 saturated heterocycles. The molecule has 0 aliphatic carbocycles. The summed E-state index contributed by atoms with van der Waals surface area (Å²) in [5.74, 6) is 1.27. The summed E-state index contributed by atoms with van der Waals surface area (Å²) in [6.45, 7) is 2.51. The molecular weight excluding hydrogens is 494 g/mol. The zero-order valence-corrected chi connectivity index (χ0v) is 21.5. The fourth-order valence-electron chi connectivity index (χ4n) is 4.82. The van der Waals surface area contributed by atoms with Gasteiger partial charge in [-0.05, 0) is 35.9 Å². The van der Waals surface area contributed by atoms with E-state index < -0.39 is 0 Å². The number of nitriles is 1. The Balaban J connectivity index is 1.22. The van der Waals surface area contributed by atoms with E-state index in [1.807, 2.05) is 53.0 Å². The van der Waals surface area contributed by atoms with Gasteiger partial charge in [0, 0.05) is 69.0 Å². The van der Waals surface area contributed by atoms with Gasteiger partial charge in [-0.15, -0.1) is 0 Å². The first-order chi connectivity index (χ1) is 19.0. The number of amides is 1. The number of nitrogens with zero attached hydrogens (tertiary/aromatic N) is 9. The number of ether oxygens (including phenoxy) is 1. The molecule has 6 heterocycles. The minimum Gasteiger partial charge on any atom is -0.481 e. The van der Waals surface area contributed by atoms with Crippen LogP contribution in [0.2, 0.25) is 0 Å². The largest absolute Gasteiger partial charge is 0.481 e. The number of anilines is 1. The van der Waals surface area contributed by atoms with Crippen LogP contribution in [0.5, 0.6) is 5.88 Å². The Morgan fingerprint density at radius 1 is 0.923 bits per heavy atom. The molecular formula is C28H25N9O2. The highest BCUT2D eigenvalue weighted by molar-refractivity contribution is 5.94. The lowest BCUT2D eigenvalue weighted by Crippen LogP contribution is -2.49. The van der Waals surface area contributed by atoms with Crippen molar-refractivity contribution in [1.29, 1.82) is 5.26 Å². The molecule has 0 atom stereocenters. The van der Waals surface area contributed by atoms with E-state index >= 15 is 0 Å². The van der Waals surface area contributed by atoms with Gasteiger partial charge in [0.25, 0.3) is 5.91 Å². The first-order valence-corrected chi connectivity index (χ1v) is 12.5. The van der Waals surface area contributed by atoms with E-state index in [2.05, 4.69) is 26.0 Å². The molecule has 5 aromatic rings. The molecule has 1 fully saturated rings. The number of hydrogen-bond acceptors (Lipinski definition) is 8. The summed E-state index contributed by atoms with van der Waals surface area (Å²) in [7, 11) is 3.42. The van der Waals surface area contributed by atoms with Crippen molar-refractivity contribution in [2.75, 3.05) is 38.2 Å². The monoisotopic (exact) mass is 519 g/mol. The maximum absolute atomic E-state index is 12.9. The third-order valence-corrected chi connectivity index (χ3v) is 6.89. The van der Waals surface area contributed by atoms with Crippen molar-refractivity contribution in [2.24, 2.45) is 7.05 Å². The molecule has 11 nitrogen and oxygen atoms in total. The third kappa shape index (κ3) is 4.53. The minimum atomic E-state index is -0.0424. The molecule has 194 valence electrons. The van der Waals surface area contributed by atoms with Crippen molar-refractivity contribution < 1.29 is 9.53 Å². The van der Waals surface area contributed by atoms with Gasteiger partial charge < -0.3 is 14.5 Å². The highest BCUT2D eigenvalue weighted by atomic mass is 16.5. The number of fused-ring (bicyclic) bond motifs is 1. The van der Waals surface area contributed by atoms with E-state index in [1.165, 1.54) is 0 Å². The lowest BCUT2D eigenvalue weighted by molar-refractivity contribution is 0.0746. The van der Waals surface area contributed by atoms with Gasteiger partial charge in [0.1, 0.15) is 23.2 Å². The van der Waals surface area contributed by atoms with Crippen LogP contribution in [0.15, 0.2) is 67.4 Å². The number of aromatic nitrogens is 6. The summed E-state index contributed by atoms with van der Waals surface area (Å²) >= 11 is 0. The van der Waals surface area contributed by atoms with E-state index in [9.17, 15) is 10.1 Å². The normalized spacial score (nSPS) is 13.5. The quantitative estimate of drug-likeness (QED) is 0.348. The Morgan fingerprint density at radius 3 is 2.41 bits per heavy atom. The Morgan fingerprint density at radius 2 is 1.77 bits per heavy atom. The number of pyridine rings is 3. The Bertz CT molecular complexity index is 1690. The molecule has 0 spiro atoms. The van der Waals surface area contributed by atoms with Crippen molar-refractivity contribution in [3.8, 4) is 34.3 Å². The Hall–Kier alpha value is -5.24. The van der Waals surface area contributed by atoms with E-state index in [4.69, 9.17) is 9.72 Å². The van der Waals surface area contributed by atoms with Crippen molar-refractivity contribution in [1.82, 2.24) is 34.0 Å². The second kappa shape index (κ2) is 9.90. The van der Waals surface area contributed by atoms with Gasteiger partial charge in [0.2, 0.25) is 5.88 Å². The van der Waals surface area contributed by atoms with Crippen LogP contribution in [0, 0.1) is 11.3 Å². The molecule has 0 aromatic carbocycles. The minimum absolute atomic E-state index is 0.0424. The molecule has 5 aromatic heterocycles. The molecule has 1 aliphatic heterocycles. The number of aryl methyl sites for hydroxylation is 1. The highest BCUT2D eigenvalue weighted by Gasteiger charge is 2.23. The summed E-state index contributed by atoms with van der Waals surface area (Å²) in [6.07, 6.45) is 8.70. The average Bonchev–Trinajstić information content (AvgIpc) is 3.62. The first kappa shape index (κ1) is 24.1. The zero-order chi connectivity index (χ0) is 26.9. The van der Waals surface area contributed by atoms with Crippen LogP contribution >= 0.6 is 0 Å². The van der Waals surface area contributed by atoms with Crippen LogP contribution in [-0.4, -0.2) is 73.2 Å². The third-order valence-electron chi connectivity index (χ3n) is 6.89. The van der Waals surface area contributed by atoms with E-state index in [0.717, 1.165) is 28.2 Å². The fourth-order valence-corrected chi connectivity index (χ4v) is 4.82. The molecule has 1 aliphatic rings. The maximum atomic E-state index is 12.9. The average molecular weight is 520 g/mol. The number of piperazine rings is 1. The van der Waals surface area contributed by atoms with Crippen LogP contribution in [-0.2, 0) is 7.05 Å². The zero-order valence-electron chi connectivity index (χ0n) is 21.5. The van der Waals surface area contributed by atoms with Gasteiger partial charge in [-0.2, -0.15) is 10.4 Å². The first-order valence-electron chi connectivity index (χ1n) is 12.5. The van der Waals surface area contributed by atoms with Crippen LogP contribution < -0.4 is 9.64 Å². The fraction of sp³-hybridized carbons (Fsp3) is 0.214. The van der Waals surface area contributed by atoms with Crippen molar-refractivity contribution in [3.63, 3.8) is 0 Å². The second-order valence-electron chi connectivity index (χ2n) is 9.25. The van der Waals surface area contributed by atoms with Gasteiger partial charge in [-0.3, -0.25) is 13.9 Å². The second-order valence-corrected chi connectivity index (χ2v) is 9.25. The molecule has 0 bridgehead atoms. The van der Waals surface area contributed by atoms with Crippen LogP contribution in [0.1, 0.15) is 16.1 Å². The smallest absolute Gasteiger partial charge is 0.255 e. The predicted molar refractivity (Wildman–Crippen MR) is 144 cm³/mol. The SMILES string of the molecule is COc1ccc(C(=O)N2CCN(c3ccc(-c4cc(-c5cnn(C)c5)cc5ncc(C#N)n45)cn3)CC2)cn1. The van der Waals surface area contributed by atoms with Crippen LogP contribution in [0.25, 0.3) is 28.0 Å². The topological polar surface area (TPSA) is 117 Å². The molecule has 0 radical (unpaired) electrons. The lowest BCUT2D eigenvalue weighted by Gasteiger charge is -2.35. The molecule has 0 N–H and O–H groups in total. The van der Waals surface area contributed by atoms with Gasteiger partial charge in [-0.25, -0.2) is 15.0 Å². The van der Waals surface area contributed by atoms with Gasteiger partial charge in [0.05, 0.1) is 30.8 Å². The number of imidazole rings is 1. The standard InChI is InChI=1S/C28H25N9O2/c1-34-18-22(16-33-34)21-11-24(37-23(13-29)17-31-26(37)12-21)19-3-5-25(30-14-19)35-7-9-36(10-8-35)28(38)20-4-6-27(39-2)32-15-20/h3-6,11-12,14-18H,7-10H2,1-2H3. The van der Waals surface area contributed by atoms with E-state index in [1.54, 1.807) is 42.5 Å². The number of methoxy groups -OCH3 is 1. The van der Waals surface area contributed by atoms with Crippen LogP contribution in [0.3, 0.4) is 0 Å². The number of hydrogen-bond donors (Lipinski definition) is 0. The number of carbonyl (C=O) groups is 1. The summed E-state index contributed by atoms with van der Waals surface area (Å²) < 4.78 is 8.67. The Kier molecular flexibility index (Phi) is 6.13. The molecule has 6 rings (SSSR count). The van der Waals surface area contributed by atoms with Crippen LogP contribution in [0.4, 0.5) is 5.82 Å². The van der Waals surface area contributed by atoms with Gasteiger partial charge in [-0.1, -0.05) is 0 Å². The predicted octanol–water partition coefficient (Wildman–Crippen LogP) is 3.03. The van der Waals surface area contributed by atoms with Crippen molar-refractivity contribution >= 4 is 17.4 Å². The molecule has 39 heavy (non-hydrogen) atoms. The number of rotatable bonds is 5. The molecule has 11 heteroatoms. The highest BCUT2D eigenvalue weighted by Crippen LogP contribution is 2.30.